The predicted molar refractivity (Wildman–Crippen MR) is 116 cm³/mol. The smallest absolute Gasteiger partial charge is 0.331 e. The van der Waals surface area contributed by atoms with Crippen LogP contribution in [0.1, 0.15) is 51.7 Å². The van der Waals surface area contributed by atoms with Crippen LogP contribution in [0.4, 0.5) is 0 Å². The molecule has 0 radical (unpaired) electrons. The summed E-state index contributed by atoms with van der Waals surface area (Å²) in [6.07, 6.45) is 3.20. The molecule has 1 aromatic carbocycles. The number of rotatable bonds is 7. The molecule has 0 aliphatic heterocycles. The van der Waals surface area contributed by atoms with Crippen molar-refractivity contribution >= 4 is 27.6 Å². The van der Waals surface area contributed by atoms with Crippen molar-refractivity contribution in [2.45, 2.75) is 65.0 Å². The zero-order valence-electron chi connectivity index (χ0n) is 17.4. The second kappa shape index (κ2) is 8.27. The van der Waals surface area contributed by atoms with Crippen molar-refractivity contribution < 1.29 is 14.6 Å². The van der Waals surface area contributed by atoms with E-state index >= 15 is 0 Å². The SMILES string of the molecule is CCOC(=O)[C@H](Cc1ccccc1CCBr)N=C1C[C@@H]2C[C@@H](C2(C)C)[C@]1(C)O. The molecule has 1 N–H and O–H groups in total. The zero-order chi connectivity index (χ0) is 20.5. The van der Waals surface area contributed by atoms with Gasteiger partial charge >= 0.3 is 5.97 Å². The number of alkyl halides is 1. The summed E-state index contributed by atoms with van der Waals surface area (Å²) in [5.41, 5.74) is 2.27. The first-order chi connectivity index (χ1) is 13.2. The molecule has 28 heavy (non-hydrogen) atoms. The third kappa shape index (κ3) is 3.93. The zero-order valence-corrected chi connectivity index (χ0v) is 19.0. The number of esters is 1. The van der Waals surface area contributed by atoms with Crippen LogP contribution in [0.25, 0.3) is 0 Å². The molecule has 3 saturated carbocycles. The molecule has 4 nitrogen and oxygen atoms in total. The Morgan fingerprint density at radius 3 is 2.57 bits per heavy atom. The Balaban J connectivity index is 1.90. The molecule has 3 aliphatic carbocycles. The maximum Gasteiger partial charge on any atom is 0.331 e. The van der Waals surface area contributed by atoms with Gasteiger partial charge in [-0.25, -0.2) is 4.79 Å². The van der Waals surface area contributed by atoms with Gasteiger partial charge in [0.05, 0.1) is 6.61 Å². The van der Waals surface area contributed by atoms with Crippen LogP contribution in [0.2, 0.25) is 0 Å². The minimum Gasteiger partial charge on any atom is -0.464 e. The van der Waals surface area contributed by atoms with Crippen molar-refractivity contribution in [2.75, 3.05) is 11.9 Å². The summed E-state index contributed by atoms with van der Waals surface area (Å²) in [6.45, 7) is 8.48. The monoisotopic (exact) mass is 449 g/mol. The fourth-order valence-electron chi connectivity index (χ4n) is 5.06. The lowest BCUT2D eigenvalue weighted by atomic mass is 9.44. The lowest BCUT2D eigenvalue weighted by Gasteiger charge is -2.62. The van der Waals surface area contributed by atoms with Crippen molar-refractivity contribution in [1.82, 2.24) is 0 Å². The largest absolute Gasteiger partial charge is 0.464 e. The van der Waals surface area contributed by atoms with Gasteiger partial charge in [0, 0.05) is 17.5 Å². The molecule has 2 bridgehead atoms. The van der Waals surface area contributed by atoms with E-state index in [1.54, 1.807) is 0 Å². The summed E-state index contributed by atoms with van der Waals surface area (Å²) in [5.74, 6) is 0.416. The molecule has 0 amide bonds. The van der Waals surface area contributed by atoms with Crippen LogP contribution in [-0.2, 0) is 22.4 Å². The molecule has 4 atom stereocenters. The van der Waals surface area contributed by atoms with Gasteiger partial charge in [0.1, 0.15) is 5.60 Å². The Morgan fingerprint density at radius 1 is 1.32 bits per heavy atom. The average molecular weight is 450 g/mol. The Bertz CT molecular complexity index is 756. The van der Waals surface area contributed by atoms with Gasteiger partial charge in [0.25, 0.3) is 0 Å². The number of carbonyl (C=O) groups excluding carboxylic acids is 1. The van der Waals surface area contributed by atoms with Crippen molar-refractivity contribution in [1.29, 1.82) is 0 Å². The molecule has 4 rings (SSSR count). The van der Waals surface area contributed by atoms with E-state index in [2.05, 4.69) is 41.9 Å². The number of aryl methyl sites for hydroxylation is 1. The van der Waals surface area contributed by atoms with Gasteiger partial charge in [-0.15, -0.1) is 0 Å². The van der Waals surface area contributed by atoms with Crippen LogP contribution < -0.4 is 0 Å². The highest BCUT2D eigenvalue weighted by atomic mass is 79.9. The fourth-order valence-corrected chi connectivity index (χ4v) is 5.49. The molecule has 0 aromatic heterocycles. The number of aliphatic imine (C=N–C) groups is 1. The normalized spacial score (nSPS) is 30.6. The third-order valence-electron chi connectivity index (χ3n) is 6.94. The third-order valence-corrected chi connectivity index (χ3v) is 7.34. The molecule has 0 unspecified atom stereocenters. The summed E-state index contributed by atoms with van der Waals surface area (Å²) in [7, 11) is 0. The topological polar surface area (TPSA) is 58.9 Å². The lowest BCUT2D eigenvalue weighted by molar-refractivity contribution is -0.145. The van der Waals surface area contributed by atoms with Gasteiger partial charge in [-0.3, -0.25) is 4.99 Å². The van der Waals surface area contributed by atoms with Crippen molar-refractivity contribution in [3.63, 3.8) is 0 Å². The van der Waals surface area contributed by atoms with E-state index in [1.807, 2.05) is 26.0 Å². The van der Waals surface area contributed by atoms with Gasteiger partial charge in [0.15, 0.2) is 6.04 Å². The van der Waals surface area contributed by atoms with Gasteiger partial charge in [0.2, 0.25) is 0 Å². The summed E-state index contributed by atoms with van der Waals surface area (Å²) in [6, 6.07) is 7.56. The second-order valence-electron chi connectivity index (χ2n) is 8.91. The summed E-state index contributed by atoms with van der Waals surface area (Å²) < 4.78 is 5.33. The summed E-state index contributed by atoms with van der Waals surface area (Å²) in [4.78, 5) is 17.5. The van der Waals surface area contributed by atoms with Crippen LogP contribution in [-0.4, -0.2) is 40.4 Å². The molecular formula is C23H32BrNO3. The number of nitrogens with zero attached hydrogens (tertiary/aromatic N) is 1. The van der Waals surface area contributed by atoms with E-state index in [9.17, 15) is 9.90 Å². The van der Waals surface area contributed by atoms with Crippen LogP contribution in [0.3, 0.4) is 0 Å². The highest BCUT2D eigenvalue weighted by Gasteiger charge is 2.61. The molecule has 3 aliphatic rings. The highest BCUT2D eigenvalue weighted by Crippen LogP contribution is 2.61. The standard InChI is InChI=1S/C23H32BrNO3/c1-5-28-21(26)18(12-16-9-7-6-8-15(16)10-11-24)25-20-14-17-13-19(22(17,2)3)23(20,4)27/h6-9,17-19,27H,5,10-14H2,1-4H3/t17-,18-,19-,23-/m0/s1. The predicted octanol–water partition coefficient (Wildman–Crippen LogP) is 4.36. The molecule has 5 heteroatoms. The molecule has 1 aromatic rings. The van der Waals surface area contributed by atoms with E-state index < -0.39 is 11.6 Å². The van der Waals surface area contributed by atoms with Gasteiger partial charge < -0.3 is 9.84 Å². The molecule has 154 valence electrons. The van der Waals surface area contributed by atoms with E-state index in [0.29, 0.717) is 18.9 Å². The number of hydrogen-bond acceptors (Lipinski definition) is 4. The van der Waals surface area contributed by atoms with E-state index in [4.69, 9.17) is 9.73 Å². The lowest BCUT2D eigenvalue weighted by Crippen LogP contribution is -2.65. The first-order valence-electron chi connectivity index (χ1n) is 10.3. The number of aliphatic hydroxyl groups is 1. The number of halogens is 1. The molecule has 0 saturated heterocycles. The molecular weight excluding hydrogens is 418 g/mol. The van der Waals surface area contributed by atoms with Crippen molar-refractivity contribution in [2.24, 2.45) is 22.2 Å². The maximum atomic E-state index is 12.7. The summed E-state index contributed by atoms with van der Waals surface area (Å²) in [5, 5.41) is 12.1. The quantitative estimate of drug-likeness (QED) is 0.496. The second-order valence-corrected chi connectivity index (χ2v) is 9.71. The fraction of sp³-hybridized carbons (Fsp3) is 0.652. The maximum absolute atomic E-state index is 12.7. The number of carbonyl (C=O) groups is 1. The van der Waals surface area contributed by atoms with Gasteiger partial charge in [-0.2, -0.15) is 0 Å². The van der Waals surface area contributed by atoms with Crippen LogP contribution in [0, 0.1) is 17.3 Å². The van der Waals surface area contributed by atoms with Crippen LogP contribution in [0.5, 0.6) is 0 Å². The minimum atomic E-state index is -0.960. The number of benzene rings is 1. The van der Waals surface area contributed by atoms with Gasteiger partial charge in [-0.05, 0) is 61.5 Å². The van der Waals surface area contributed by atoms with E-state index in [0.717, 1.165) is 35.9 Å². The Hall–Kier alpha value is -1.20. The average Bonchev–Trinajstić information content (AvgIpc) is 2.63. The molecule has 3 fully saturated rings. The van der Waals surface area contributed by atoms with Gasteiger partial charge in [-0.1, -0.05) is 54.0 Å². The Kier molecular flexibility index (Phi) is 6.35. The highest BCUT2D eigenvalue weighted by molar-refractivity contribution is 9.09. The van der Waals surface area contributed by atoms with Crippen LogP contribution in [0.15, 0.2) is 29.3 Å². The minimum absolute atomic E-state index is 0.129. The van der Waals surface area contributed by atoms with Crippen molar-refractivity contribution in [3.8, 4) is 0 Å². The Morgan fingerprint density at radius 2 is 2.00 bits per heavy atom. The van der Waals surface area contributed by atoms with E-state index in [1.165, 1.54) is 5.56 Å². The van der Waals surface area contributed by atoms with E-state index in [-0.39, 0.29) is 17.3 Å². The van der Waals surface area contributed by atoms with Crippen LogP contribution >= 0.6 is 15.9 Å². The first-order valence-corrected chi connectivity index (χ1v) is 11.4. The first kappa shape index (κ1) is 21.5. The molecule has 0 spiro atoms. The number of hydrogen-bond donors (Lipinski definition) is 1. The summed E-state index contributed by atoms with van der Waals surface area (Å²) >= 11 is 3.50. The Labute approximate surface area is 176 Å². The number of ether oxygens (including phenoxy) is 1. The molecule has 0 heterocycles. The number of fused-ring (bicyclic) bond motifs is 2. The van der Waals surface area contributed by atoms with Crippen molar-refractivity contribution in [3.05, 3.63) is 35.4 Å².